The number of hydrogen-bond acceptors (Lipinski definition) is 4. The van der Waals surface area contributed by atoms with E-state index in [4.69, 9.17) is 0 Å². The molecule has 0 bridgehead atoms. The van der Waals surface area contributed by atoms with Gasteiger partial charge in [0.25, 0.3) is 5.91 Å². The predicted molar refractivity (Wildman–Crippen MR) is 109 cm³/mol. The molecular formula is C22H22N4O. The molecule has 3 aromatic rings. The third kappa shape index (κ3) is 5.01. The van der Waals surface area contributed by atoms with Crippen LogP contribution in [0.2, 0.25) is 0 Å². The van der Waals surface area contributed by atoms with Crippen LogP contribution in [0.3, 0.4) is 0 Å². The fraction of sp³-hybridized carbons (Fsp3) is 0.136. The topological polar surface area (TPSA) is 66.9 Å². The van der Waals surface area contributed by atoms with Crippen molar-refractivity contribution in [2.45, 2.75) is 13.5 Å². The Balaban J connectivity index is 1.88. The van der Waals surface area contributed by atoms with Crippen LogP contribution in [0.1, 0.15) is 21.6 Å². The van der Waals surface area contributed by atoms with Crippen LogP contribution >= 0.6 is 0 Å². The van der Waals surface area contributed by atoms with Crippen LogP contribution in [-0.4, -0.2) is 22.4 Å². The summed E-state index contributed by atoms with van der Waals surface area (Å²) in [5.41, 5.74) is 3.53. The normalized spacial score (nSPS) is 10.3. The molecule has 2 aromatic carbocycles. The molecule has 1 amide bonds. The summed E-state index contributed by atoms with van der Waals surface area (Å²) in [4.78, 5) is 21.4. The maximum atomic E-state index is 12.4. The molecule has 0 spiro atoms. The number of nitrogens with zero attached hydrogens (tertiary/aromatic N) is 2. The fourth-order valence-electron chi connectivity index (χ4n) is 2.52. The van der Waals surface area contributed by atoms with E-state index >= 15 is 0 Å². The van der Waals surface area contributed by atoms with Crippen molar-refractivity contribution < 1.29 is 4.79 Å². The van der Waals surface area contributed by atoms with Gasteiger partial charge in [-0.25, -0.2) is 9.97 Å². The standard InChI is InChI=1S/C22H22N4O/c1-3-13-23-22(27)19-14-20(24-15-17-11-9-16(2)10-12-17)26-21(25-19)18-7-5-4-6-8-18/h3-12,14H,1,13,15H2,2H3,(H,23,27)(H,24,25,26). The molecule has 0 aliphatic rings. The highest BCUT2D eigenvalue weighted by Crippen LogP contribution is 2.18. The number of carbonyl (C=O) groups is 1. The molecule has 0 radical (unpaired) electrons. The van der Waals surface area contributed by atoms with Gasteiger partial charge in [0.2, 0.25) is 0 Å². The average molecular weight is 358 g/mol. The van der Waals surface area contributed by atoms with Crippen LogP contribution in [-0.2, 0) is 6.54 Å². The van der Waals surface area contributed by atoms with Gasteiger partial charge < -0.3 is 10.6 Å². The Kier molecular flexibility index (Phi) is 5.94. The van der Waals surface area contributed by atoms with Crippen molar-refractivity contribution in [3.8, 4) is 11.4 Å². The molecule has 5 heteroatoms. The summed E-state index contributed by atoms with van der Waals surface area (Å²) in [7, 11) is 0. The van der Waals surface area contributed by atoms with Gasteiger partial charge in [0.15, 0.2) is 5.82 Å². The van der Waals surface area contributed by atoms with Crippen molar-refractivity contribution in [2.75, 3.05) is 11.9 Å². The van der Waals surface area contributed by atoms with Crippen LogP contribution < -0.4 is 10.6 Å². The van der Waals surface area contributed by atoms with Crippen LogP contribution in [0, 0.1) is 6.92 Å². The quantitative estimate of drug-likeness (QED) is 0.627. The molecule has 5 nitrogen and oxygen atoms in total. The number of benzene rings is 2. The summed E-state index contributed by atoms with van der Waals surface area (Å²) in [6.07, 6.45) is 1.63. The van der Waals surface area contributed by atoms with Crippen molar-refractivity contribution in [1.29, 1.82) is 0 Å². The van der Waals surface area contributed by atoms with Crippen LogP contribution in [0.5, 0.6) is 0 Å². The largest absolute Gasteiger partial charge is 0.366 e. The summed E-state index contributed by atoms with van der Waals surface area (Å²) in [6.45, 7) is 6.67. The molecular weight excluding hydrogens is 336 g/mol. The van der Waals surface area contributed by atoms with E-state index in [-0.39, 0.29) is 5.91 Å². The highest BCUT2D eigenvalue weighted by Gasteiger charge is 2.12. The number of carbonyl (C=O) groups excluding carboxylic acids is 1. The second-order valence-electron chi connectivity index (χ2n) is 6.17. The van der Waals surface area contributed by atoms with E-state index in [0.29, 0.717) is 30.4 Å². The Morgan fingerprint density at radius 3 is 2.52 bits per heavy atom. The van der Waals surface area contributed by atoms with Crippen LogP contribution in [0.15, 0.2) is 73.3 Å². The molecule has 3 rings (SSSR count). The SMILES string of the molecule is C=CCNC(=O)c1cc(NCc2ccc(C)cc2)nc(-c2ccccc2)n1. The number of amides is 1. The van der Waals surface area contributed by atoms with Gasteiger partial charge in [0.05, 0.1) is 0 Å². The number of anilines is 1. The predicted octanol–water partition coefficient (Wildman–Crippen LogP) is 3.98. The molecule has 0 aliphatic heterocycles. The van der Waals surface area contributed by atoms with E-state index in [2.05, 4.69) is 58.4 Å². The number of aromatic nitrogens is 2. The summed E-state index contributed by atoms with van der Waals surface area (Å²) >= 11 is 0. The van der Waals surface area contributed by atoms with Crippen LogP contribution in [0.4, 0.5) is 5.82 Å². The first kappa shape index (κ1) is 18.3. The van der Waals surface area contributed by atoms with Crippen molar-refractivity contribution in [1.82, 2.24) is 15.3 Å². The van der Waals surface area contributed by atoms with Gasteiger partial charge in [-0.05, 0) is 12.5 Å². The molecule has 27 heavy (non-hydrogen) atoms. The highest BCUT2D eigenvalue weighted by molar-refractivity contribution is 5.93. The van der Waals surface area contributed by atoms with E-state index < -0.39 is 0 Å². The second-order valence-corrected chi connectivity index (χ2v) is 6.17. The molecule has 0 saturated carbocycles. The van der Waals surface area contributed by atoms with Crippen molar-refractivity contribution in [2.24, 2.45) is 0 Å². The van der Waals surface area contributed by atoms with Gasteiger partial charge in [-0.1, -0.05) is 66.2 Å². The third-order valence-corrected chi connectivity index (χ3v) is 3.99. The van der Waals surface area contributed by atoms with Crippen molar-refractivity contribution in [3.05, 3.63) is 90.1 Å². The fourth-order valence-corrected chi connectivity index (χ4v) is 2.52. The lowest BCUT2D eigenvalue weighted by Gasteiger charge is -2.10. The van der Waals surface area contributed by atoms with Gasteiger partial charge in [-0.15, -0.1) is 6.58 Å². The van der Waals surface area contributed by atoms with Gasteiger partial charge in [0, 0.05) is 24.7 Å². The van der Waals surface area contributed by atoms with E-state index in [1.807, 2.05) is 30.3 Å². The molecule has 0 unspecified atom stereocenters. The Hall–Kier alpha value is -3.47. The number of hydrogen-bond donors (Lipinski definition) is 2. The number of rotatable bonds is 7. The molecule has 0 fully saturated rings. The van der Waals surface area contributed by atoms with Gasteiger partial charge >= 0.3 is 0 Å². The highest BCUT2D eigenvalue weighted by atomic mass is 16.1. The van der Waals surface area contributed by atoms with E-state index in [1.165, 1.54) is 5.56 Å². The minimum atomic E-state index is -0.257. The zero-order chi connectivity index (χ0) is 19.1. The smallest absolute Gasteiger partial charge is 0.270 e. The average Bonchev–Trinajstić information content (AvgIpc) is 2.72. The summed E-state index contributed by atoms with van der Waals surface area (Å²) in [5.74, 6) is 0.856. The molecule has 0 atom stereocenters. The van der Waals surface area contributed by atoms with Gasteiger partial charge in [-0.3, -0.25) is 4.79 Å². The zero-order valence-electron chi connectivity index (χ0n) is 15.3. The van der Waals surface area contributed by atoms with E-state index in [9.17, 15) is 4.79 Å². The molecule has 0 saturated heterocycles. The minimum Gasteiger partial charge on any atom is -0.366 e. The first-order chi connectivity index (χ1) is 13.2. The molecule has 0 aliphatic carbocycles. The Labute approximate surface area is 159 Å². The van der Waals surface area contributed by atoms with E-state index in [1.54, 1.807) is 12.1 Å². The maximum absolute atomic E-state index is 12.4. The number of aryl methyl sites for hydroxylation is 1. The second kappa shape index (κ2) is 8.76. The molecule has 1 aromatic heterocycles. The molecule has 1 heterocycles. The Morgan fingerprint density at radius 1 is 1.07 bits per heavy atom. The van der Waals surface area contributed by atoms with Gasteiger partial charge in [-0.2, -0.15) is 0 Å². The lowest BCUT2D eigenvalue weighted by atomic mass is 10.1. The Bertz CT molecular complexity index is 921. The molecule has 136 valence electrons. The molecule has 2 N–H and O–H groups in total. The first-order valence-electron chi connectivity index (χ1n) is 8.79. The number of nitrogens with one attached hydrogen (secondary N) is 2. The maximum Gasteiger partial charge on any atom is 0.270 e. The summed E-state index contributed by atoms with van der Waals surface area (Å²) in [6, 6.07) is 19.6. The first-order valence-corrected chi connectivity index (χ1v) is 8.79. The Morgan fingerprint density at radius 2 is 1.81 bits per heavy atom. The van der Waals surface area contributed by atoms with Crippen molar-refractivity contribution in [3.63, 3.8) is 0 Å². The third-order valence-electron chi connectivity index (χ3n) is 3.99. The monoisotopic (exact) mass is 358 g/mol. The van der Waals surface area contributed by atoms with Crippen LogP contribution in [0.25, 0.3) is 11.4 Å². The zero-order valence-corrected chi connectivity index (χ0v) is 15.3. The lowest BCUT2D eigenvalue weighted by molar-refractivity contribution is 0.0953. The lowest BCUT2D eigenvalue weighted by Crippen LogP contribution is -2.24. The van der Waals surface area contributed by atoms with Crippen molar-refractivity contribution >= 4 is 11.7 Å². The summed E-state index contributed by atoms with van der Waals surface area (Å²) in [5, 5.41) is 6.05. The van der Waals surface area contributed by atoms with E-state index in [0.717, 1.165) is 11.1 Å². The summed E-state index contributed by atoms with van der Waals surface area (Å²) < 4.78 is 0. The minimum absolute atomic E-state index is 0.257. The van der Waals surface area contributed by atoms with Gasteiger partial charge in [0.1, 0.15) is 11.5 Å².